The molecular weight excluding hydrogens is 372 g/mol. The molecule has 1 aromatic rings. The van der Waals surface area contributed by atoms with Gasteiger partial charge >= 0.3 is 0 Å². The minimum Gasteiger partial charge on any atom is -0.404 e. The van der Waals surface area contributed by atoms with Crippen molar-refractivity contribution in [2.45, 2.75) is 65.0 Å². The lowest BCUT2D eigenvalue weighted by Gasteiger charge is -2.46. The fourth-order valence-electron chi connectivity index (χ4n) is 4.77. The molecule has 0 bridgehead atoms. The number of nitrogens with zero attached hydrogens (tertiary/aromatic N) is 1. The number of hydrogen-bond donors (Lipinski definition) is 5. The van der Waals surface area contributed by atoms with Gasteiger partial charge in [0.25, 0.3) is 0 Å². The molecule has 1 aliphatic heterocycles. The van der Waals surface area contributed by atoms with Gasteiger partial charge in [-0.05, 0) is 83.1 Å². The lowest BCUT2D eigenvalue weighted by Crippen LogP contribution is -2.57. The maximum atomic E-state index is 8.43. The van der Waals surface area contributed by atoms with Crippen LogP contribution in [0.2, 0.25) is 0 Å². The van der Waals surface area contributed by atoms with E-state index < -0.39 is 0 Å². The monoisotopic (exact) mass is 408 g/mol. The number of nitrogens with one attached hydrogen (secondary N) is 3. The first kappa shape index (κ1) is 23.5. The normalized spacial score (nSPS) is 19.4. The summed E-state index contributed by atoms with van der Waals surface area (Å²) in [5, 5.41) is 24.1. The third-order valence-electron chi connectivity index (χ3n) is 5.48. The zero-order valence-electron chi connectivity index (χ0n) is 18.8. The van der Waals surface area contributed by atoms with Crippen molar-refractivity contribution in [1.29, 1.82) is 10.8 Å². The van der Waals surface area contributed by atoms with E-state index in [1.54, 1.807) is 12.2 Å². The van der Waals surface area contributed by atoms with Gasteiger partial charge in [0.2, 0.25) is 0 Å². The Morgan fingerprint density at radius 3 is 2.33 bits per heavy atom. The van der Waals surface area contributed by atoms with E-state index in [-0.39, 0.29) is 11.1 Å². The van der Waals surface area contributed by atoms with Gasteiger partial charge in [-0.25, -0.2) is 0 Å². The lowest BCUT2D eigenvalue weighted by atomic mass is 9.74. The first-order valence-corrected chi connectivity index (χ1v) is 10.4. The zero-order chi connectivity index (χ0) is 22.5. The highest BCUT2D eigenvalue weighted by molar-refractivity contribution is 6.12. The third kappa shape index (κ3) is 6.39. The first-order valence-electron chi connectivity index (χ1n) is 10.4. The van der Waals surface area contributed by atoms with Crippen LogP contribution in [-0.4, -0.2) is 28.7 Å². The van der Waals surface area contributed by atoms with E-state index in [1.807, 2.05) is 25.1 Å². The van der Waals surface area contributed by atoms with Crippen LogP contribution in [0.15, 0.2) is 41.7 Å². The second-order valence-corrected chi connectivity index (χ2v) is 9.57. The molecule has 0 saturated carbocycles. The number of benzene rings is 1. The number of allylic oxidation sites excluding steroid dienone is 3. The second-order valence-electron chi connectivity index (χ2n) is 9.57. The van der Waals surface area contributed by atoms with Gasteiger partial charge in [-0.2, -0.15) is 5.10 Å². The van der Waals surface area contributed by atoms with E-state index in [2.05, 4.69) is 38.1 Å². The Balaban J connectivity index is 2.06. The molecule has 0 aromatic heterocycles. The van der Waals surface area contributed by atoms with Crippen LogP contribution in [0.1, 0.15) is 63.6 Å². The molecule has 6 heteroatoms. The van der Waals surface area contributed by atoms with Crippen molar-refractivity contribution in [3.05, 3.63) is 53.2 Å². The molecule has 1 saturated heterocycles. The Kier molecular flexibility index (Phi) is 7.37. The summed E-state index contributed by atoms with van der Waals surface area (Å²) in [4.78, 5) is 0. The summed E-state index contributed by atoms with van der Waals surface area (Å²) in [5.41, 5.74) is 10.2. The predicted octanol–water partition coefficient (Wildman–Crippen LogP) is 4.13. The second kappa shape index (κ2) is 9.39. The van der Waals surface area contributed by atoms with Gasteiger partial charge in [-0.3, -0.25) is 0 Å². The van der Waals surface area contributed by atoms with E-state index in [1.165, 1.54) is 12.4 Å². The summed E-state index contributed by atoms with van der Waals surface area (Å²) >= 11 is 0. The molecule has 0 radical (unpaired) electrons. The largest absolute Gasteiger partial charge is 0.404 e. The van der Waals surface area contributed by atoms with Gasteiger partial charge in [0.15, 0.2) is 0 Å². The maximum Gasteiger partial charge on any atom is 0.0615 e. The van der Waals surface area contributed by atoms with Crippen LogP contribution < -0.4 is 16.9 Å². The van der Waals surface area contributed by atoms with E-state index in [0.717, 1.165) is 41.5 Å². The Labute approximate surface area is 180 Å². The van der Waals surface area contributed by atoms with Gasteiger partial charge < -0.3 is 27.7 Å². The standard InChI is InChI=1S/C24H36N6/c1-16-10-18(19(14-25)15-29-28)6-8-21(16)22(27)9-7-20(26)11-17-12-23(2,3)30-24(4,5)13-17/h6-10,14-15,17,26-27,30H,11-13,25,28H2,1-5H3/b9-7-,19-14?,26-20?,27-22?,29-15?. The van der Waals surface area contributed by atoms with Gasteiger partial charge in [0.1, 0.15) is 0 Å². The summed E-state index contributed by atoms with van der Waals surface area (Å²) in [5.74, 6) is 5.70. The van der Waals surface area contributed by atoms with Crippen LogP contribution in [0.3, 0.4) is 0 Å². The van der Waals surface area contributed by atoms with Crippen molar-refractivity contribution in [3.8, 4) is 0 Å². The average molecular weight is 409 g/mol. The van der Waals surface area contributed by atoms with E-state index in [4.69, 9.17) is 22.4 Å². The molecule has 1 heterocycles. The molecular formula is C24H36N6. The van der Waals surface area contributed by atoms with Crippen molar-refractivity contribution >= 4 is 23.2 Å². The Hall–Kier alpha value is -2.73. The summed E-state index contributed by atoms with van der Waals surface area (Å²) in [6.07, 6.45) is 9.29. The molecule has 7 N–H and O–H groups in total. The Morgan fingerprint density at radius 2 is 1.80 bits per heavy atom. The molecule has 30 heavy (non-hydrogen) atoms. The van der Waals surface area contributed by atoms with Crippen molar-refractivity contribution in [1.82, 2.24) is 5.32 Å². The molecule has 2 rings (SSSR count). The van der Waals surface area contributed by atoms with Gasteiger partial charge in [-0.15, -0.1) is 0 Å². The van der Waals surface area contributed by atoms with Crippen molar-refractivity contribution in [3.63, 3.8) is 0 Å². The zero-order valence-corrected chi connectivity index (χ0v) is 18.8. The molecule has 1 aliphatic rings. The maximum absolute atomic E-state index is 8.43. The van der Waals surface area contributed by atoms with Gasteiger partial charge in [0.05, 0.1) is 11.9 Å². The average Bonchev–Trinajstić information content (AvgIpc) is 2.61. The van der Waals surface area contributed by atoms with Gasteiger partial charge in [-0.1, -0.05) is 18.2 Å². The molecule has 162 valence electrons. The van der Waals surface area contributed by atoms with Crippen LogP contribution in [0.5, 0.6) is 0 Å². The number of hydrogen-bond acceptors (Lipinski definition) is 6. The van der Waals surface area contributed by atoms with Crippen LogP contribution in [0.25, 0.3) is 5.57 Å². The fourth-order valence-corrected chi connectivity index (χ4v) is 4.77. The predicted molar refractivity (Wildman–Crippen MR) is 128 cm³/mol. The first-order chi connectivity index (χ1) is 14.0. The third-order valence-corrected chi connectivity index (χ3v) is 5.48. The van der Waals surface area contributed by atoms with Crippen LogP contribution in [0, 0.1) is 23.7 Å². The minimum absolute atomic E-state index is 0.0768. The van der Waals surface area contributed by atoms with Crippen molar-refractivity contribution in [2.75, 3.05) is 0 Å². The van der Waals surface area contributed by atoms with Crippen molar-refractivity contribution in [2.24, 2.45) is 22.6 Å². The summed E-state index contributed by atoms with van der Waals surface area (Å²) in [6.45, 7) is 10.9. The SMILES string of the molecule is Cc1cc(C(C=NN)=CN)ccc1C(=N)/C=C\C(=N)CC1CC(C)(C)NC(C)(C)C1. The quantitative estimate of drug-likeness (QED) is 0.265. The number of piperidine rings is 1. The number of aryl methyl sites for hydroxylation is 1. The Morgan fingerprint density at radius 1 is 1.17 bits per heavy atom. The summed E-state index contributed by atoms with van der Waals surface area (Å²) < 4.78 is 0. The van der Waals surface area contributed by atoms with Crippen LogP contribution in [0.4, 0.5) is 0 Å². The molecule has 1 aromatic carbocycles. The Bertz CT molecular complexity index is 873. The van der Waals surface area contributed by atoms with Crippen molar-refractivity contribution < 1.29 is 0 Å². The molecule has 6 nitrogen and oxygen atoms in total. The molecule has 0 spiro atoms. The fraction of sp³-hybridized carbons (Fsp3) is 0.458. The minimum atomic E-state index is 0.0768. The molecule has 1 fully saturated rings. The molecule has 0 unspecified atom stereocenters. The van der Waals surface area contributed by atoms with E-state index >= 15 is 0 Å². The lowest BCUT2D eigenvalue weighted by molar-refractivity contribution is 0.132. The highest BCUT2D eigenvalue weighted by Crippen LogP contribution is 2.34. The highest BCUT2D eigenvalue weighted by atomic mass is 15.1. The number of nitrogens with two attached hydrogens (primary N) is 2. The van der Waals surface area contributed by atoms with E-state index in [0.29, 0.717) is 17.3 Å². The van der Waals surface area contributed by atoms with Crippen LogP contribution in [-0.2, 0) is 0 Å². The summed E-state index contributed by atoms with van der Waals surface area (Å²) in [6, 6.07) is 5.75. The van der Waals surface area contributed by atoms with Crippen LogP contribution >= 0.6 is 0 Å². The molecule has 0 amide bonds. The number of rotatable bonds is 7. The molecule has 0 atom stereocenters. The van der Waals surface area contributed by atoms with E-state index in [9.17, 15) is 0 Å². The summed E-state index contributed by atoms with van der Waals surface area (Å²) in [7, 11) is 0. The highest BCUT2D eigenvalue weighted by Gasteiger charge is 2.37. The smallest absolute Gasteiger partial charge is 0.0615 e. The molecule has 0 aliphatic carbocycles. The number of hydrazone groups is 1. The topological polar surface area (TPSA) is 124 Å². The van der Waals surface area contributed by atoms with Gasteiger partial charge in [0, 0.05) is 34.1 Å².